The molecule has 0 heterocycles. The molecule has 0 saturated carbocycles. The zero-order valence-electron chi connectivity index (χ0n) is 17.9. The van der Waals surface area contributed by atoms with Crippen molar-refractivity contribution in [2.24, 2.45) is 0 Å². The summed E-state index contributed by atoms with van der Waals surface area (Å²) in [6, 6.07) is 4.75. The van der Waals surface area contributed by atoms with E-state index in [1.807, 2.05) is 0 Å². The van der Waals surface area contributed by atoms with Crippen LogP contribution in [0.5, 0.6) is 0 Å². The van der Waals surface area contributed by atoms with Crippen LogP contribution in [0, 0.1) is 0 Å². The second-order valence-corrected chi connectivity index (χ2v) is 7.78. The summed E-state index contributed by atoms with van der Waals surface area (Å²) < 4.78 is 43.8. The molecule has 0 bridgehead atoms. The number of benzene rings is 1. The van der Waals surface area contributed by atoms with E-state index in [4.69, 9.17) is 4.74 Å². The summed E-state index contributed by atoms with van der Waals surface area (Å²) in [6.45, 7) is 2.41. The number of hydrogen-bond acceptors (Lipinski definition) is 2. The van der Waals surface area contributed by atoms with E-state index >= 15 is 0 Å². The smallest absolute Gasteiger partial charge is 0.417 e. The van der Waals surface area contributed by atoms with Gasteiger partial charge in [-0.15, -0.1) is 0 Å². The van der Waals surface area contributed by atoms with E-state index in [0.717, 1.165) is 25.0 Å². The lowest BCUT2D eigenvalue weighted by Gasteiger charge is -2.12. The number of hydrogen-bond donors (Lipinski definition) is 0. The first-order valence-electron chi connectivity index (χ1n) is 11.3. The van der Waals surface area contributed by atoms with Crippen LogP contribution in [-0.4, -0.2) is 12.6 Å². The molecule has 0 atom stereocenters. The molecule has 0 radical (unpaired) electrons. The van der Waals surface area contributed by atoms with Gasteiger partial charge in [-0.1, -0.05) is 103 Å². The summed E-state index contributed by atoms with van der Waals surface area (Å²) in [4.78, 5) is 11.9. The van der Waals surface area contributed by atoms with Gasteiger partial charge in [0.2, 0.25) is 0 Å². The van der Waals surface area contributed by atoms with E-state index in [2.05, 4.69) is 6.92 Å². The van der Waals surface area contributed by atoms with Crippen LogP contribution in [0.25, 0.3) is 0 Å². The highest BCUT2D eigenvalue weighted by Gasteiger charge is 2.35. The number of esters is 1. The highest BCUT2D eigenvalue weighted by Crippen LogP contribution is 2.32. The average molecular weight is 415 g/mol. The van der Waals surface area contributed by atoms with Crippen LogP contribution in [0.1, 0.15) is 113 Å². The SMILES string of the molecule is CCCCCCCCCCCCCCCCOC(=O)c1ccccc1C(F)(F)F. The molecule has 1 aromatic rings. The molecule has 0 unspecified atom stereocenters. The van der Waals surface area contributed by atoms with Crippen molar-refractivity contribution < 1.29 is 22.7 Å². The van der Waals surface area contributed by atoms with Gasteiger partial charge in [0.15, 0.2) is 0 Å². The van der Waals surface area contributed by atoms with Gasteiger partial charge >= 0.3 is 12.1 Å². The van der Waals surface area contributed by atoms with Crippen molar-refractivity contribution in [3.8, 4) is 0 Å². The molecule has 1 aromatic carbocycles. The molecule has 0 aliphatic carbocycles. The maximum atomic E-state index is 12.9. The van der Waals surface area contributed by atoms with Gasteiger partial charge in [0.25, 0.3) is 0 Å². The number of ether oxygens (including phenoxy) is 1. The Labute approximate surface area is 174 Å². The second-order valence-electron chi connectivity index (χ2n) is 7.78. The standard InChI is InChI=1S/C24H37F3O2/c1-2-3-4-5-6-7-8-9-10-11-12-13-14-17-20-29-23(28)21-18-15-16-19-22(21)24(25,26)27/h15-16,18-19H,2-14,17,20H2,1H3. The van der Waals surface area contributed by atoms with Crippen LogP contribution in [-0.2, 0) is 10.9 Å². The Morgan fingerprint density at radius 3 is 1.69 bits per heavy atom. The third kappa shape index (κ3) is 11.9. The van der Waals surface area contributed by atoms with Crippen LogP contribution in [0.15, 0.2) is 24.3 Å². The quantitative estimate of drug-likeness (QED) is 0.201. The van der Waals surface area contributed by atoms with Gasteiger partial charge < -0.3 is 4.74 Å². The van der Waals surface area contributed by atoms with E-state index < -0.39 is 23.3 Å². The minimum absolute atomic E-state index is 0.170. The van der Waals surface area contributed by atoms with Gasteiger partial charge in [0.1, 0.15) is 0 Å². The molecule has 166 valence electrons. The molecule has 5 heteroatoms. The van der Waals surface area contributed by atoms with Gasteiger partial charge in [-0.2, -0.15) is 13.2 Å². The second kappa shape index (κ2) is 15.3. The third-order valence-electron chi connectivity index (χ3n) is 5.18. The summed E-state index contributed by atoms with van der Waals surface area (Å²) in [5.41, 5.74) is -1.35. The summed E-state index contributed by atoms with van der Waals surface area (Å²) in [7, 11) is 0. The maximum absolute atomic E-state index is 12.9. The van der Waals surface area contributed by atoms with Crippen LogP contribution < -0.4 is 0 Å². The maximum Gasteiger partial charge on any atom is 0.417 e. The summed E-state index contributed by atoms with van der Waals surface area (Å²) >= 11 is 0. The fraction of sp³-hybridized carbons (Fsp3) is 0.708. The molecular formula is C24H37F3O2. The Balaban J connectivity index is 2.00. The largest absolute Gasteiger partial charge is 0.462 e. The lowest BCUT2D eigenvalue weighted by Crippen LogP contribution is -2.15. The molecule has 29 heavy (non-hydrogen) atoms. The molecule has 1 rings (SSSR count). The molecule has 0 saturated heterocycles. The number of halogens is 3. The number of carbonyl (C=O) groups is 1. The summed E-state index contributed by atoms with van der Waals surface area (Å²) in [5, 5.41) is 0. The predicted molar refractivity (Wildman–Crippen MR) is 112 cm³/mol. The molecule has 0 spiro atoms. The number of carbonyl (C=O) groups excluding carboxylic acids is 1. The fourth-order valence-corrected chi connectivity index (χ4v) is 3.45. The van der Waals surface area contributed by atoms with Gasteiger partial charge in [-0.3, -0.25) is 0 Å². The minimum atomic E-state index is -4.55. The normalized spacial score (nSPS) is 11.6. The first-order chi connectivity index (χ1) is 14.0. The molecule has 0 aliphatic heterocycles. The van der Waals surface area contributed by atoms with Gasteiger partial charge in [-0.05, 0) is 18.6 Å². The van der Waals surface area contributed by atoms with Gasteiger partial charge in [0.05, 0.1) is 17.7 Å². The third-order valence-corrected chi connectivity index (χ3v) is 5.18. The van der Waals surface area contributed by atoms with E-state index in [1.54, 1.807) is 0 Å². The monoisotopic (exact) mass is 414 g/mol. The molecule has 0 aromatic heterocycles. The van der Waals surface area contributed by atoms with Crippen LogP contribution in [0.3, 0.4) is 0 Å². The molecular weight excluding hydrogens is 377 g/mol. The van der Waals surface area contributed by atoms with Crippen molar-refractivity contribution in [3.63, 3.8) is 0 Å². The van der Waals surface area contributed by atoms with Crippen LogP contribution in [0.2, 0.25) is 0 Å². The Morgan fingerprint density at radius 2 is 1.21 bits per heavy atom. The van der Waals surface area contributed by atoms with Crippen molar-refractivity contribution in [1.29, 1.82) is 0 Å². The lowest BCUT2D eigenvalue weighted by molar-refractivity contribution is -0.138. The van der Waals surface area contributed by atoms with Crippen LogP contribution >= 0.6 is 0 Å². The van der Waals surface area contributed by atoms with Crippen molar-refractivity contribution in [2.75, 3.05) is 6.61 Å². The van der Waals surface area contributed by atoms with Gasteiger partial charge in [-0.25, -0.2) is 4.79 Å². The Kier molecular flexibility index (Phi) is 13.5. The van der Waals surface area contributed by atoms with E-state index in [9.17, 15) is 18.0 Å². The molecule has 0 aliphatic rings. The van der Waals surface area contributed by atoms with Crippen molar-refractivity contribution in [3.05, 3.63) is 35.4 Å². The zero-order valence-corrected chi connectivity index (χ0v) is 17.9. The molecule has 2 nitrogen and oxygen atoms in total. The van der Waals surface area contributed by atoms with Crippen molar-refractivity contribution in [2.45, 2.75) is 103 Å². The minimum Gasteiger partial charge on any atom is -0.462 e. The van der Waals surface area contributed by atoms with E-state index in [0.29, 0.717) is 6.42 Å². The average Bonchev–Trinajstić information content (AvgIpc) is 2.70. The Hall–Kier alpha value is -1.52. The Bertz CT molecular complexity index is 555. The topological polar surface area (TPSA) is 26.3 Å². The first kappa shape index (κ1) is 25.5. The zero-order chi connectivity index (χ0) is 21.4. The molecule has 0 amide bonds. The summed E-state index contributed by atoms with van der Waals surface area (Å²) in [5.74, 6) is -0.896. The number of rotatable bonds is 16. The summed E-state index contributed by atoms with van der Waals surface area (Å²) in [6.07, 6.45) is 12.6. The molecule has 0 N–H and O–H groups in total. The van der Waals surface area contributed by atoms with Crippen molar-refractivity contribution >= 4 is 5.97 Å². The van der Waals surface area contributed by atoms with Gasteiger partial charge in [0, 0.05) is 0 Å². The van der Waals surface area contributed by atoms with Crippen molar-refractivity contribution in [1.82, 2.24) is 0 Å². The fourth-order valence-electron chi connectivity index (χ4n) is 3.45. The predicted octanol–water partition coefficient (Wildman–Crippen LogP) is 8.34. The number of alkyl halides is 3. The van der Waals surface area contributed by atoms with E-state index in [1.165, 1.54) is 82.8 Å². The highest BCUT2D eigenvalue weighted by molar-refractivity contribution is 5.91. The lowest BCUT2D eigenvalue weighted by atomic mass is 10.0. The van der Waals surface area contributed by atoms with Crippen LogP contribution in [0.4, 0.5) is 13.2 Å². The van der Waals surface area contributed by atoms with E-state index in [-0.39, 0.29) is 6.61 Å². The number of unbranched alkanes of at least 4 members (excludes halogenated alkanes) is 13. The first-order valence-corrected chi connectivity index (χ1v) is 11.3. The molecule has 0 fully saturated rings. The highest BCUT2D eigenvalue weighted by atomic mass is 19.4. The Morgan fingerprint density at radius 1 is 0.759 bits per heavy atom.